The van der Waals surface area contributed by atoms with Crippen molar-refractivity contribution in [3.63, 3.8) is 0 Å². The second-order valence-electron chi connectivity index (χ2n) is 8.68. The first kappa shape index (κ1) is 19.6. The number of pyridine rings is 2. The van der Waals surface area contributed by atoms with Crippen molar-refractivity contribution in [3.05, 3.63) is 44.9 Å². The number of likely N-dealkylation sites (N-methyl/N-ethyl adjacent to an activating group) is 1. The predicted molar refractivity (Wildman–Crippen MR) is 117 cm³/mol. The lowest BCUT2D eigenvalue weighted by atomic mass is 9.82. The van der Waals surface area contributed by atoms with Crippen LogP contribution in [0.25, 0.3) is 10.9 Å². The lowest BCUT2D eigenvalue weighted by Gasteiger charge is -2.28. The highest BCUT2D eigenvalue weighted by atomic mass is 35.5. The molecule has 158 valence electrons. The monoisotopic (exact) mass is 428 g/mol. The highest BCUT2D eigenvalue weighted by molar-refractivity contribution is 6.37. The van der Waals surface area contributed by atoms with Gasteiger partial charge in [-0.3, -0.25) is 4.79 Å². The molecule has 2 aromatic rings. The number of aromatic carboxylic acids is 1. The predicted octanol–water partition coefficient (Wildman–Crippen LogP) is 2.99. The fourth-order valence-corrected chi connectivity index (χ4v) is 5.50. The van der Waals surface area contributed by atoms with Gasteiger partial charge in [0.05, 0.1) is 16.6 Å². The zero-order valence-electron chi connectivity index (χ0n) is 17.1. The molecule has 1 aliphatic heterocycles. The largest absolute Gasteiger partial charge is 0.477 e. The summed E-state index contributed by atoms with van der Waals surface area (Å²) < 4.78 is 1.89. The summed E-state index contributed by atoms with van der Waals surface area (Å²) in [5.74, 6) is 0.489. The van der Waals surface area contributed by atoms with Crippen LogP contribution in [0.1, 0.15) is 41.4 Å². The smallest absolute Gasteiger partial charge is 0.341 e. The maximum absolute atomic E-state index is 12.9. The van der Waals surface area contributed by atoms with E-state index in [1.807, 2.05) is 11.6 Å². The average Bonchev–Trinajstić information content (AvgIpc) is 3.47. The fourth-order valence-electron chi connectivity index (χ4n) is 5.14. The molecule has 1 saturated carbocycles. The highest BCUT2D eigenvalue weighted by Crippen LogP contribution is 2.43. The second kappa shape index (κ2) is 7.10. The minimum absolute atomic E-state index is 0.178. The van der Waals surface area contributed by atoms with Crippen LogP contribution in [0.2, 0.25) is 5.02 Å². The van der Waals surface area contributed by atoms with E-state index in [1.165, 1.54) is 6.20 Å². The maximum Gasteiger partial charge on any atom is 0.341 e. The molecular weight excluding hydrogens is 404 g/mol. The summed E-state index contributed by atoms with van der Waals surface area (Å²) in [5, 5.41) is 13.7. The van der Waals surface area contributed by atoms with Crippen LogP contribution in [0.3, 0.4) is 0 Å². The van der Waals surface area contributed by atoms with Crippen LogP contribution in [-0.2, 0) is 0 Å². The van der Waals surface area contributed by atoms with Crippen molar-refractivity contribution >= 4 is 34.3 Å². The van der Waals surface area contributed by atoms with Gasteiger partial charge in [-0.05, 0) is 39.2 Å². The number of carboxylic acid groups (broad SMARTS) is 1. The van der Waals surface area contributed by atoms with E-state index >= 15 is 0 Å². The summed E-state index contributed by atoms with van der Waals surface area (Å²) in [6, 6.07) is 0.509. The Kier molecular flexibility index (Phi) is 4.63. The van der Waals surface area contributed by atoms with Crippen LogP contribution in [0.4, 0.5) is 5.82 Å². The molecule has 3 heterocycles. The molecule has 0 unspecified atom stereocenters. The summed E-state index contributed by atoms with van der Waals surface area (Å²) in [5.41, 5.74) is 0.417. The van der Waals surface area contributed by atoms with Gasteiger partial charge in [0.1, 0.15) is 16.4 Å². The van der Waals surface area contributed by atoms with Crippen LogP contribution in [0.5, 0.6) is 0 Å². The number of nitrogens with one attached hydrogen (secondary N) is 1. The number of aryl methyl sites for hydroxylation is 1. The van der Waals surface area contributed by atoms with E-state index in [0.29, 0.717) is 45.3 Å². The van der Waals surface area contributed by atoms with Crippen LogP contribution >= 0.6 is 11.6 Å². The molecule has 0 spiro atoms. The number of rotatable bonds is 4. The van der Waals surface area contributed by atoms with Gasteiger partial charge in [-0.25, -0.2) is 9.78 Å². The van der Waals surface area contributed by atoms with E-state index < -0.39 is 11.4 Å². The van der Waals surface area contributed by atoms with Crippen LogP contribution in [0, 0.1) is 18.8 Å². The van der Waals surface area contributed by atoms with Crippen molar-refractivity contribution in [2.24, 2.45) is 11.8 Å². The number of carbonyl (C=O) groups is 1. The summed E-state index contributed by atoms with van der Waals surface area (Å²) in [4.78, 5) is 31.5. The van der Waals surface area contributed by atoms with Crippen LogP contribution in [-0.4, -0.2) is 46.8 Å². The number of allylic oxidation sites excluding steroid dienone is 1. The number of hydrogen-bond donors (Lipinski definition) is 2. The van der Waals surface area contributed by atoms with E-state index in [2.05, 4.69) is 22.4 Å². The molecule has 5 rings (SSSR count). The lowest BCUT2D eigenvalue weighted by Crippen LogP contribution is -2.38. The van der Waals surface area contributed by atoms with Gasteiger partial charge in [-0.15, -0.1) is 0 Å². The third-order valence-corrected chi connectivity index (χ3v) is 7.16. The van der Waals surface area contributed by atoms with E-state index in [9.17, 15) is 14.7 Å². The third-order valence-electron chi connectivity index (χ3n) is 6.81. The number of anilines is 1. The fraction of sp³-hybridized carbons (Fsp3) is 0.500. The molecule has 0 amide bonds. The van der Waals surface area contributed by atoms with Crippen LogP contribution < -0.4 is 15.6 Å². The molecule has 2 fully saturated rings. The van der Waals surface area contributed by atoms with Gasteiger partial charge in [0.2, 0.25) is 5.43 Å². The summed E-state index contributed by atoms with van der Waals surface area (Å²) in [6.07, 6.45) is 8.89. The Morgan fingerprint density at radius 1 is 1.33 bits per heavy atom. The van der Waals surface area contributed by atoms with Gasteiger partial charge in [-0.1, -0.05) is 23.8 Å². The standard InChI is InChI=1S/C22H25ClN4O3/c1-11-17-19(27(13-6-7-13)10-15(20(17)28)22(29)30)18(23)21(25-11)26-8-12-4-3-5-16(24-2)14(12)9-26/h3,5,10,12-14,16,24H,4,6-9H2,1-2H3,(H,29,30)/t12-,14+,16-/m0/s1. The lowest BCUT2D eigenvalue weighted by molar-refractivity contribution is 0.0695. The molecule has 0 aromatic carbocycles. The zero-order valence-corrected chi connectivity index (χ0v) is 17.8. The van der Waals surface area contributed by atoms with Crippen molar-refractivity contribution in [1.29, 1.82) is 0 Å². The Morgan fingerprint density at radius 2 is 2.10 bits per heavy atom. The number of carboxylic acids is 1. The van der Waals surface area contributed by atoms with E-state index in [-0.39, 0.29) is 11.6 Å². The Hall–Kier alpha value is -2.38. The molecule has 2 aliphatic carbocycles. The number of aromatic nitrogens is 2. The highest BCUT2D eigenvalue weighted by Gasteiger charge is 2.39. The van der Waals surface area contributed by atoms with Crippen molar-refractivity contribution < 1.29 is 9.90 Å². The molecule has 7 nitrogen and oxygen atoms in total. The van der Waals surface area contributed by atoms with Crippen molar-refractivity contribution in [1.82, 2.24) is 14.9 Å². The molecule has 0 radical (unpaired) electrons. The van der Waals surface area contributed by atoms with Gasteiger partial charge in [0.15, 0.2) is 0 Å². The second-order valence-corrected chi connectivity index (χ2v) is 9.06. The number of halogens is 1. The Balaban J connectivity index is 1.66. The third kappa shape index (κ3) is 2.94. The van der Waals surface area contributed by atoms with E-state index in [0.717, 1.165) is 32.4 Å². The van der Waals surface area contributed by atoms with Crippen molar-refractivity contribution in [2.45, 2.75) is 38.3 Å². The topological polar surface area (TPSA) is 87.5 Å². The summed E-state index contributed by atoms with van der Waals surface area (Å²) in [6.45, 7) is 3.48. The molecule has 8 heteroatoms. The zero-order chi connectivity index (χ0) is 21.2. The van der Waals surface area contributed by atoms with Gasteiger partial charge in [-0.2, -0.15) is 0 Å². The van der Waals surface area contributed by atoms with E-state index in [4.69, 9.17) is 16.6 Å². The minimum atomic E-state index is -1.22. The Morgan fingerprint density at radius 3 is 2.77 bits per heavy atom. The summed E-state index contributed by atoms with van der Waals surface area (Å²) >= 11 is 6.90. The van der Waals surface area contributed by atoms with Crippen molar-refractivity contribution in [3.8, 4) is 0 Å². The molecule has 30 heavy (non-hydrogen) atoms. The quantitative estimate of drug-likeness (QED) is 0.728. The average molecular weight is 429 g/mol. The van der Waals surface area contributed by atoms with Gasteiger partial charge < -0.3 is 19.9 Å². The van der Waals surface area contributed by atoms with Gasteiger partial charge >= 0.3 is 5.97 Å². The summed E-state index contributed by atoms with van der Waals surface area (Å²) in [7, 11) is 1.99. The molecule has 2 aromatic heterocycles. The number of hydrogen-bond acceptors (Lipinski definition) is 5. The first-order valence-electron chi connectivity index (χ1n) is 10.5. The molecule has 3 atom stereocenters. The normalized spacial score (nSPS) is 25.7. The SMILES string of the molecule is CN[C@H]1C=CC[C@H]2CN(c3nc(C)c4c(=O)c(C(=O)O)cn(C5CC5)c4c3Cl)C[C@H]21. The first-order chi connectivity index (χ1) is 14.4. The molecule has 0 bridgehead atoms. The van der Waals surface area contributed by atoms with Crippen LogP contribution in [0.15, 0.2) is 23.1 Å². The van der Waals surface area contributed by atoms with Crippen molar-refractivity contribution in [2.75, 3.05) is 25.0 Å². The number of nitrogens with zero attached hydrogens (tertiary/aromatic N) is 3. The number of fused-ring (bicyclic) bond motifs is 2. The maximum atomic E-state index is 12.9. The van der Waals surface area contributed by atoms with Gasteiger partial charge in [0, 0.05) is 37.3 Å². The molecule has 3 aliphatic rings. The Bertz CT molecular complexity index is 1140. The minimum Gasteiger partial charge on any atom is -0.477 e. The van der Waals surface area contributed by atoms with E-state index in [1.54, 1.807) is 6.92 Å². The molecule has 1 saturated heterocycles. The first-order valence-corrected chi connectivity index (χ1v) is 10.9. The molecule has 2 N–H and O–H groups in total. The van der Waals surface area contributed by atoms with Gasteiger partial charge in [0.25, 0.3) is 0 Å². The molecular formula is C22H25ClN4O3. The Labute approximate surface area is 179 Å².